The third kappa shape index (κ3) is 6.67. The summed E-state index contributed by atoms with van der Waals surface area (Å²) in [6.45, 7) is 6.48. The van der Waals surface area contributed by atoms with Crippen LogP contribution in [0.4, 0.5) is 0 Å². The summed E-state index contributed by atoms with van der Waals surface area (Å²) < 4.78 is 0. The number of benzene rings is 2. The van der Waals surface area contributed by atoms with Crippen LogP contribution in [0.3, 0.4) is 0 Å². The van der Waals surface area contributed by atoms with Gasteiger partial charge in [-0.25, -0.2) is 4.79 Å². The van der Waals surface area contributed by atoms with E-state index in [-0.39, 0.29) is 17.2 Å². The summed E-state index contributed by atoms with van der Waals surface area (Å²) in [5.41, 5.74) is 4.93. The topological polar surface area (TPSA) is 104 Å². The van der Waals surface area contributed by atoms with Crippen LogP contribution in [0.15, 0.2) is 35.1 Å². The van der Waals surface area contributed by atoms with Crippen LogP contribution in [0, 0.1) is 0 Å². The zero-order chi connectivity index (χ0) is 24.6. The maximum Gasteiger partial charge on any atom is 0.323 e. The van der Waals surface area contributed by atoms with Gasteiger partial charge >= 0.3 is 5.69 Å². The summed E-state index contributed by atoms with van der Waals surface area (Å²) in [6.07, 6.45) is 9.85. The molecule has 1 atom stereocenters. The van der Waals surface area contributed by atoms with Crippen molar-refractivity contribution in [1.29, 1.82) is 0 Å². The summed E-state index contributed by atoms with van der Waals surface area (Å²) in [5.74, 6) is 0.0764. The Morgan fingerprint density at radius 2 is 1.83 bits per heavy atom. The summed E-state index contributed by atoms with van der Waals surface area (Å²) in [6, 6.07) is 10.2. The Morgan fingerprint density at radius 1 is 1.00 bits per heavy atom. The molecule has 0 bridgehead atoms. The summed E-state index contributed by atoms with van der Waals surface area (Å²) >= 11 is 0. The molecule has 4 rings (SSSR count). The number of fused-ring (bicyclic) bond motifs is 2. The third-order valence-electron chi connectivity index (χ3n) is 7.29. The zero-order valence-electron chi connectivity index (χ0n) is 20.9. The number of phenols is 2. The van der Waals surface area contributed by atoms with Gasteiger partial charge in [-0.2, -0.15) is 0 Å². The minimum absolute atomic E-state index is 0.00197. The van der Waals surface area contributed by atoms with Crippen LogP contribution in [0.5, 0.6) is 11.5 Å². The molecule has 1 unspecified atom stereocenters. The van der Waals surface area contributed by atoms with E-state index in [1.54, 1.807) is 6.07 Å². The molecule has 1 aliphatic carbocycles. The molecule has 0 spiro atoms. The molecule has 190 valence electrons. The smallest absolute Gasteiger partial charge is 0.323 e. The van der Waals surface area contributed by atoms with Crippen molar-refractivity contribution in [3.8, 4) is 11.5 Å². The SMILES string of the molecule is CCCN(CCCCCCNCCc1ccc2[nH]c(=O)[nH]c2c1)C1CCc2c(ccc(O)c2O)C1. The van der Waals surface area contributed by atoms with E-state index in [4.69, 9.17) is 0 Å². The lowest BCUT2D eigenvalue weighted by Crippen LogP contribution is -2.40. The van der Waals surface area contributed by atoms with Crippen molar-refractivity contribution in [3.05, 3.63) is 57.5 Å². The molecule has 0 fully saturated rings. The maximum absolute atomic E-state index is 11.4. The third-order valence-corrected chi connectivity index (χ3v) is 7.29. The van der Waals surface area contributed by atoms with Gasteiger partial charge in [0, 0.05) is 11.6 Å². The number of unbranched alkanes of at least 4 members (excludes halogenated alkanes) is 3. The normalized spacial score (nSPS) is 15.7. The van der Waals surface area contributed by atoms with Gasteiger partial charge in [-0.05, 0) is 100 Å². The van der Waals surface area contributed by atoms with Crippen molar-refractivity contribution in [2.75, 3.05) is 26.2 Å². The molecule has 0 saturated heterocycles. The molecule has 3 aromatic rings. The summed E-state index contributed by atoms with van der Waals surface area (Å²) in [7, 11) is 0. The molecule has 2 aromatic carbocycles. The van der Waals surface area contributed by atoms with Gasteiger partial charge in [-0.3, -0.25) is 0 Å². The van der Waals surface area contributed by atoms with Gasteiger partial charge in [0.2, 0.25) is 0 Å². The lowest BCUT2D eigenvalue weighted by Gasteiger charge is -2.35. The molecule has 7 nitrogen and oxygen atoms in total. The number of hydrogen-bond acceptors (Lipinski definition) is 5. The molecule has 0 radical (unpaired) electrons. The van der Waals surface area contributed by atoms with E-state index in [1.807, 2.05) is 12.1 Å². The van der Waals surface area contributed by atoms with Crippen LogP contribution in [-0.4, -0.2) is 57.3 Å². The van der Waals surface area contributed by atoms with E-state index in [9.17, 15) is 15.0 Å². The monoisotopic (exact) mass is 480 g/mol. The first kappa shape index (κ1) is 25.3. The molecular weight excluding hydrogens is 440 g/mol. The number of aromatic amines is 2. The average Bonchev–Trinajstić information content (AvgIpc) is 3.23. The van der Waals surface area contributed by atoms with Gasteiger partial charge in [0.15, 0.2) is 11.5 Å². The molecule has 0 aliphatic heterocycles. The molecule has 1 aliphatic rings. The highest BCUT2D eigenvalue weighted by molar-refractivity contribution is 5.75. The number of rotatable bonds is 13. The highest BCUT2D eigenvalue weighted by Gasteiger charge is 2.26. The van der Waals surface area contributed by atoms with Crippen molar-refractivity contribution >= 4 is 11.0 Å². The molecule has 35 heavy (non-hydrogen) atoms. The van der Waals surface area contributed by atoms with Gasteiger partial charge in [0.05, 0.1) is 11.0 Å². The predicted octanol–water partition coefficient (Wildman–Crippen LogP) is 4.23. The first-order chi connectivity index (χ1) is 17.0. The van der Waals surface area contributed by atoms with Crippen molar-refractivity contribution < 1.29 is 10.2 Å². The minimum atomic E-state index is -0.154. The van der Waals surface area contributed by atoms with Crippen LogP contribution >= 0.6 is 0 Å². The fraction of sp³-hybridized carbons (Fsp3) is 0.536. The first-order valence-electron chi connectivity index (χ1n) is 13.2. The van der Waals surface area contributed by atoms with Gasteiger partial charge in [0.1, 0.15) is 0 Å². The van der Waals surface area contributed by atoms with E-state index < -0.39 is 0 Å². The largest absolute Gasteiger partial charge is 0.504 e. The minimum Gasteiger partial charge on any atom is -0.504 e. The Hall–Kier alpha value is -2.77. The molecule has 5 N–H and O–H groups in total. The fourth-order valence-electron chi connectivity index (χ4n) is 5.39. The predicted molar refractivity (Wildman–Crippen MR) is 141 cm³/mol. The standard InChI is InChI=1S/C28H40N4O3/c1-2-16-32(22-9-10-23-21(19-22)8-12-26(33)27(23)34)17-6-4-3-5-14-29-15-13-20-7-11-24-25(18-20)31-28(35)30-24/h7-8,11-12,18,22,29,33-34H,2-6,9-10,13-17,19H2,1H3,(H2,30,31,35). The Bertz CT molecular complexity index is 1150. The van der Waals surface area contributed by atoms with Crippen molar-refractivity contribution in [1.82, 2.24) is 20.2 Å². The summed E-state index contributed by atoms with van der Waals surface area (Å²) in [5, 5.41) is 23.5. The second-order valence-corrected chi connectivity index (χ2v) is 9.88. The lowest BCUT2D eigenvalue weighted by atomic mass is 9.86. The van der Waals surface area contributed by atoms with E-state index in [1.165, 1.54) is 36.8 Å². The van der Waals surface area contributed by atoms with Gasteiger partial charge in [-0.15, -0.1) is 0 Å². The second-order valence-electron chi connectivity index (χ2n) is 9.88. The Labute approximate surface area is 207 Å². The number of nitrogens with one attached hydrogen (secondary N) is 3. The molecule has 1 heterocycles. The Morgan fingerprint density at radius 3 is 2.69 bits per heavy atom. The molecule has 1 aromatic heterocycles. The zero-order valence-corrected chi connectivity index (χ0v) is 20.9. The first-order valence-corrected chi connectivity index (χ1v) is 13.2. The summed E-state index contributed by atoms with van der Waals surface area (Å²) in [4.78, 5) is 19.6. The Kier molecular flexibility index (Phi) is 8.88. The van der Waals surface area contributed by atoms with Crippen LogP contribution in [0.1, 0.15) is 62.1 Å². The maximum atomic E-state index is 11.4. The lowest BCUT2D eigenvalue weighted by molar-refractivity contribution is 0.175. The van der Waals surface area contributed by atoms with Crippen molar-refractivity contribution in [2.45, 2.75) is 70.8 Å². The van der Waals surface area contributed by atoms with Gasteiger partial charge in [0.25, 0.3) is 0 Å². The van der Waals surface area contributed by atoms with Gasteiger partial charge in [-0.1, -0.05) is 31.9 Å². The highest BCUT2D eigenvalue weighted by Crippen LogP contribution is 2.36. The molecule has 0 amide bonds. The Balaban J connectivity index is 1.11. The molecule has 0 saturated carbocycles. The van der Waals surface area contributed by atoms with Crippen molar-refractivity contribution in [3.63, 3.8) is 0 Å². The van der Waals surface area contributed by atoms with E-state index in [0.29, 0.717) is 6.04 Å². The number of aromatic hydroxyl groups is 2. The number of H-pyrrole nitrogens is 2. The molecular formula is C28H40N4O3. The highest BCUT2D eigenvalue weighted by atomic mass is 16.3. The number of phenolic OH excluding ortho intramolecular Hbond substituents is 2. The average molecular weight is 481 g/mol. The number of hydrogen-bond donors (Lipinski definition) is 5. The molecule has 7 heteroatoms. The quantitative estimate of drug-likeness (QED) is 0.186. The fourth-order valence-corrected chi connectivity index (χ4v) is 5.39. The van der Waals surface area contributed by atoms with Crippen LogP contribution in [0.25, 0.3) is 11.0 Å². The number of aromatic nitrogens is 2. The van der Waals surface area contributed by atoms with E-state index in [2.05, 4.69) is 39.2 Å². The second kappa shape index (κ2) is 12.3. The van der Waals surface area contributed by atoms with Crippen molar-refractivity contribution in [2.24, 2.45) is 0 Å². The van der Waals surface area contributed by atoms with Crippen LogP contribution < -0.4 is 11.0 Å². The van der Waals surface area contributed by atoms with Crippen LogP contribution in [0.2, 0.25) is 0 Å². The van der Waals surface area contributed by atoms with Gasteiger partial charge < -0.3 is 30.4 Å². The number of nitrogens with zero attached hydrogens (tertiary/aromatic N) is 1. The van der Waals surface area contributed by atoms with Crippen LogP contribution in [-0.2, 0) is 19.3 Å². The number of imidazole rings is 1. The van der Waals surface area contributed by atoms with E-state index in [0.717, 1.165) is 74.9 Å². The van der Waals surface area contributed by atoms with E-state index >= 15 is 0 Å².